The molecule has 0 spiro atoms. The summed E-state index contributed by atoms with van der Waals surface area (Å²) in [5.74, 6) is 1.18. The van der Waals surface area contributed by atoms with Crippen LogP contribution in [0.25, 0.3) is 10.1 Å². The Labute approximate surface area is 180 Å². The van der Waals surface area contributed by atoms with Crippen molar-refractivity contribution in [3.8, 4) is 5.88 Å². The van der Waals surface area contributed by atoms with Crippen LogP contribution in [0.5, 0.6) is 5.88 Å². The molecular weight excluding hydrogens is 400 g/mol. The third-order valence-electron chi connectivity index (χ3n) is 4.36. The summed E-state index contributed by atoms with van der Waals surface area (Å²) in [5, 5.41) is 18.2. The van der Waals surface area contributed by atoms with Gasteiger partial charge in [-0.15, -0.1) is 11.3 Å². The highest BCUT2D eigenvalue weighted by molar-refractivity contribution is 7.19. The van der Waals surface area contributed by atoms with Gasteiger partial charge in [-0.2, -0.15) is 0 Å². The van der Waals surface area contributed by atoms with Gasteiger partial charge in [-0.1, -0.05) is 24.3 Å². The van der Waals surface area contributed by atoms with Gasteiger partial charge < -0.3 is 25.2 Å². The summed E-state index contributed by atoms with van der Waals surface area (Å²) < 4.78 is 11.9. The van der Waals surface area contributed by atoms with Gasteiger partial charge in [-0.05, 0) is 30.5 Å². The van der Waals surface area contributed by atoms with Crippen molar-refractivity contribution in [2.75, 3.05) is 33.4 Å². The standard InChI is InChI=1S/C22H28N4O3S/c1-3-23-22(25-14-17-8-6-10-24-21(17)29-12-11-28-2)26-15-18(27)20-13-16-7-4-5-9-19(16)30-20/h4-10,13,18,27H,3,11-12,14-15H2,1-2H3,(H2,23,25,26). The summed E-state index contributed by atoms with van der Waals surface area (Å²) in [5.41, 5.74) is 0.885. The number of guanidine groups is 1. The molecule has 1 unspecified atom stereocenters. The van der Waals surface area contributed by atoms with E-state index in [-0.39, 0.29) is 0 Å². The minimum absolute atomic E-state index is 0.364. The van der Waals surface area contributed by atoms with E-state index in [1.54, 1.807) is 24.6 Å². The first-order valence-corrected chi connectivity index (χ1v) is 10.8. The smallest absolute Gasteiger partial charge is 0.218 e. The fourth-order valence-corrected chi connectivity index (χ4v) is 3.91. The Bertz CT molecular complexity index is 927. The molecule has 0 aliphatic rings. The van der Waals surface area contributed by atoms with Gasteiger partial charge in [0.25, 0.3) is 0 Å². The molecule has 1 aromatic carbocycles. The first-order valence-electron chi connectivity index (χ1n) is 9.95. The number of nitrogens with zero attached hydrogens (tertiary/aromatic N) is 2. The number of rotatable bonds is 10. The van der Waals surface area contributed by atoms with Gasteiger partial charge >= 0.3 is 0 Å². The maximum atomic E-state index is 10.6. The number of aliphatic hydroxyl groups excluding tert-OH is 1. The van der Waals surface area contributed by atoms with Crippen LogP contribution in [0.15, 0.2) is 53.7 Å². The quantitative estimate of drug-likeness (QED) is 0.261. The number of hydrogen-bond donors (Lipinski definition) is 3. The number of ether oxygens (including phenoxy) is 2. The Morgan fingerprint density at radius 1 is 1.20 bits per heavy atom. The largest absolute Gasteiger partial charge is 0.475 e. The monoisotopic (exact) mass is 428 g/mol. The number of aliphatic hydroxyl groups is 1. The summed E-state index contributed by atoms with van der Waals surface area (Å²) in [6.45, 7) is 4.42. The Morgan fingerprint density at radius 2 is 2.07 bits per heavy atom. The second-order valence-corrected chi connectivity index (χ2v) is 7.70. The van der Waals surface area contributed by atoms with E-state index in [0.29, 0.717) is 38.1 Å². The van der Waals surface area contributed by atoms with E-state index >= 15 is 0 Å². The second kappa shape index (κ2) is 11.5. The van der Waals surface area contributed by atoms with Gasteiger partial charge in [-0.25, -0.2) is 9.98 Å². The van der Waals surface area contributed by atoms with Crippen LogP contribution in [0, 0.1) is 0 Å². The zero-order chi connectivity index (χ0) is 21.2. The Hall–Kier alpha value is -2.68. The van der Waals surface area contributed by atoms with E-state index in [1.165, 1.54) is 4.70 Å². The van der Waals surface area contributed by atoms with E-state index in [4.69, 9.17) is 9.47 Å². The molecular formula is C22H28N4O3S. The van der Waals surface area contributed by atoms with Gasteiger partial charge in [0.2, 0.25) is 5.88 Å². The average Bonchev–Trinajstić information content (AvgIpc) is 3.21. The fourth-order valence-electron chi connectivity index (χ4n) is 2.86. The van der Waals surface area contributed by atoms with Crippen LogP contribution in [0.1, 0.15) is 23.5 Å². The summed E-state index contributed by atoms with van der Waals surface area (Å²) in [4.78, 5) is 9.83. The van der Waals surface area contributed by atoms with E-state index < -0.39 is 6.10 Å². The number of benzene rings is 1. The Morgan fingerprint density at radius 3 is 2.87 bits per heavy atom. The maximum Gasteiger partial charge on any atom is 0.218 e. The topological polar surface area (TPSA) is 88.0 Å². The highest BCUT2D eigenvalue weighted by Crippen LogP contribution is 2.29. The number of methoxy groups -OCH3 is 1. The van der Waals surface area contributed by atoms with Crippen LogP contribution in [0.2, 0.25) is 0 Å². The summed E-state index contributed by atoms with van der Waals surface area (Å²) in [6, 6.07) is 14.0. The minimum atomic E-state index is -0.613. The van der Waals surface area contributed by atoms with Gasteiger partial charge in [-0.3, -0.25) is 0 Å². The molecule has 0 fully saturated rings. The molecule has 30 heavy (non-hydrogen) atoms. The number of hydrogen-bond acceptors (Lipinski definition) is 6. The summed E-state index contributed by atoms with van der Waals surface area (Å²) >= 11 is 1.61. The molecule has 0 aliphatic heterocycles. The number of aliphatic imine (C=N–C) groups is 1. The zero-order valence-electron chi connectivity index (χ0n) is 17.3. The fraction of sp³-hybridized carbons (Fsp3) is 0.364. The van der Waals surface area contributed by atoms with Crippen molar-refractivity contribution in [3.63, 3.8) is 0 Å². The predicted molar refractivity (Wildman–Crippen MR) is 121 cm³/mol. The SMILES string of the molecule is CCNC(=NCc1cccnc1OCCOC)NCC(O)c1cc2ccccc2s1. The Balaban J connectivity index is 1.62. The summed E-state index contributed by atoms with van der Waals surface area (Å²) in [6.07, 6.45) is 1.08. The summed E-state index contributed by atoms with van der Waals surface area (Å²) in [7, 11) is 1.63. The van der Waals surface area contributed by atoms with Crippen molar-refractivity contribution in [1.82, 2.24) is 15.6 Å². The maximum absolute atomic E-state index is 10.6. The van der Waals surface area contributed by atoms with Gasteiger partial charge in [0, 0.05) is 41.5 Å². The van der Waals surface area contributed by atoms with Crippen LogP contribution < -0.4 is 15.4 Å². The molecule has 0 radical (unpaired) electrons. The van der Waals surface area contributed by atoms with Crippen LogP contribution in [-0.2, 0) is 11.3 Å². The van der Waals surface area contributed by atoms with Crippen LogP contribution in [-0.4, -0.2) is 49.5 Å². The van der Waals surface area contributed by atoms with Crippen molar-refractivity contribution >= 4 is 27.4 Å². The molecule has 8 heteroatoms. The molecule has 160 valence electrons. The molecule has 0 saturated heterocycles. The van der Waals surface area contributed by atoms with Crippen LogP contribution >= 0.6 is 11.3 Å². The van der Waals surface area contributed by atoms with Crippen molar-refractivity contribution in [2.24, 2.45) is 4.99 Å². The van der Waals surface area contributed by atoms with Gasteiger partial charge in [0.15, 0.2) is 5.96 Å². The van der Waals surface area contributed by atoms with Crippen LogP contribution in [0.3, 0.4) is 0 Å². The molecule has 0 amide bonds. The van der Waals surface area contributed by atoms with Crippen molar-refractivity contribution in [3.05, 3.63) is 59.1 Å². The average molecular weight is 429 g/mol. The van der Waals surface area contributed by atoms with E-state index in [9.17, 15) is 5.11 Å². The number of thiophene rings is 1. The van der Waals surface area contributed by atoms with E-state index in [2.05, 4.69) is 32.7 Å². The lowest BCUT2D eigenvalue weighted by molar-refractivity contribution is 0.143. The highest BCUT2D eigenvalue weighted by Gasteiger charge is 2.12. The highest BCUT2D eigenvalue weighted by atomic mass is 32.1. The third kappa shape index (κ3) is 6.16. The molecule has 2 heterocycles. The number of aromatic nitrogens is 1. The molecule has 3 N–H and O–H groups in total. The molecule has 3 aromatic rings. The lowest BCUT2D eigenvalue weighted by Crippen LogP contribution is -2.39. The normalized spacial score (nSPS) is 12.7. The lowest BCUT2D eigenvalue weighted by Gasteiger charge is -2.15. The first-order chi connectivity index (χ1) is 14.7. The van der Waals surface area contributed by atoms with E-state index in [0.717, 1.165) is 22.4 Å². The van der Waals surface area contributed by atoms with Crippen LogP contribution in [0.4, 0.5) is 0 Å². The van der Waals surface area contributed by atoms with Gasteiger partial charge in [0.05, 0.1) is 13.2 Å². The molecule has 0 bridgehead atoms. The molecule has 7 nitrogen and oxygen atoms in total. The Kier molecular flexibility index (Phi) is 8.43. The first kappa shape index (κ1) is 22.0. The second-order valence-electron chi connectivity index (χ2n) is 6.59. The van der Waals surface area contributed by atoms with Gasteiger partial charge in [0.1, 0.15) is 12.7 Å². The number of pyridine rings is 1. The third-order valence-corrected chi connectivity index (χ3v) is 5.58. The molecule has 0 saturated carbocycles. The molecule has 0 aliphatic carbocycles. The minimum Gasteiger partial charge on any atom is -0.475 e. The van der Waals surface area contributed by atoms with Crippen molar-refractivity contribution in [2.45, 2.75) is 19.6 Å². The van der Waals surface area contributed by atoms with Crippen molar-refractivity contribution < 1.29 is 14.6 Å². The molecule has 2 aromatic heterocycles. The molecule has 3 rings (SSSR count). The lowest BCUT2D eigenvalue weighted by atomic mass is 10.2. The van der Waals surface area contributed by atoms with Crippen molar-refractivity contribution in [1.29, 1.82) is 0 Å². The van der Waals surface area contributed by atoms with E-state index in [1.807, 2.05) is 37.3 Å². The number of nitrogens with one attached hydrogen (secondary N) is 2. The zero-order valence-corrected chi connectivity index (χ0v) is 18.1. The molecule has 1 atom stereocenters. The predicted octanol–water partition coefficient (Wildman–Crippen LogP) is 3.11. The number of fused-ring (bicyclic) bond motifs is 1.